The van der Waals surface area contributed by atoms with E-state index in [4.69, 9.17) is 9.47 Å². The topological polar surface area (TPSA) is 107 Å². The molecule has 156 valence electrons. The van der Waals surface area contributed by atoms with Gasteiger partial charge in [0.25, 0.3) is 10.1 Å². The minimum atomic E-state index is -4.77. The third-order valence-electron chi connectivity index (χ3n) is 4.00. The number of hydrogen-bond acceptors (Lipinski definition) is 6. The van der Waals surface area contributed by atoms with E-state index >= 15 is 0 Å². The van der Waals surface area contributed by atoms with Gasteiger partial charge in [-0.2, -0.15) is 8.42 Å². The summed E-state index contributed by atoms with van der Waals surface area (Å²) in [7, 11) is -4.77. The molecule has 1 N–H and O–H groups in total. The molecule has 0 saturated carbocycles. The van der Waals surface area contributed by atoms with Crippen LogP contribution in [0.25, 0.3) is 0 Å². The normalized spacial score (nSPS) is 12.6. The van der Waals surface area contributed by atoms with Crippen molar-refractivity contribution in [2.45, 2.75) is 103 Å². The largest absolute Gasteiger partial charge is 1.00 e. The zero-order chi connectivity index (χ0) is 20.2. The molecule has 27 heavy (non-hydrogen) atoms. The number of esters is 2. The molecule has 0 rings (SSSR count). The Hall–Kier alpha value is 0.486. The molecule has 9 heteroatoms. The van der Waals surface area contributed by atoms with Crippen LogP contribution in [0.1, 0.15) is 86.9 Å². The van der Waals surface area contributed by atoms with Gasteiger partial charge in [0, 0.05) is 0 Å². The zero-order valence-electron chi connectivity index (χ0n) is 18.4. The summed E-state index contributed by atoms with van der Waals surface area (Å²) in [6.07, 6.45) is 4.20. The van der Waals surface area contributed by atoms with E-state index in [2.05, 4.69) is 0 Å². The quantitative estimate of drug-likeness (QED) is 0.244. The summed E-state index contributed by atoms with van der Waals surface area (Å²) < 4.78 is 43.1. The molecule has 0 aromatic carbocycles. The van der Waals surface area contributed by atoms with Crippen LogP contribution in [-0.4, -0.2) is 42.4 Å². The molecule has 0 aromatic heterocycles. The molecule has 0 aliphatic rings. The monoisotopic (exact) mass is 434 g/mol. The molecular formula is C18H35KO7S. The number of ether oxygens (including phenoxy) is 2. The van der Waals surface area contributed by atoms with Crippen molar-refractivity contribution in [1.29, 1.82) is 0 Å². The Morgan fingerprint density at radius 3 is 1.56 bits per heavy atom. The summed E-state index contributed by atoms with van der Waals surface area (Å²) >= 11 is 0. The van der Waals surface area contributed by atoms with E-state index in [1.54, 1.807) is 0 Å². The van der Waals surface area contributed by atoms with Crippen LogP contribution in [0, 0.1) is 0 Å². The van der Waals surface area contributed by atoms with Crippen LogP contribution < -0.4 is 51.4 Å². The second-order valence-corrected chi connectivity index (χ2v) is 8.13. The SMILES string of the molecule is CCCC(CCC)OC(=O)CC(C(=O)OC(CCC)CCC)S(=O)(=O)O.[H-].[K+]. The van der Waals surface area contributed by atoms with Gasteiger partial charge < -0.3 is 10.9 Å². The van der Waals surface area contributed by atoms with E-state index < -0.39 is 39.8 Å². The average molecular weight is 435 g/mol. The zero-order valence-corrected chi connectivity index (χ0v) is 21.3. The van der Waals surface area contributed by atoms with E-state index in [9.17, 15) is 22.6 Å². The molecule has 1 unspecified atom stereocenters. The molecule has 0 aliphatic heterocycles. The average Bonchev–Trinajstić information content (AvgIpc) is 2.52. The predicted molar refractivity (Wildman–Crippen MR) is 100 cm³/mol. The van der Waals surface area contributed by atoms with Gasteiger partial charge in [0.15, 0.2) is 5.25 Å². The van der Waals surface area contributed by atoms with Crippen molar-refractivity contribution in [3.8, 4) is 0 Å². The number of rotatable bonds is 14. The molecule has 0 fully saturated rings. The predicted octanol–water partition coefficient (Wildman–Crippen LogP) is 0.773. The second kappa shape index (κ2) is 16.3. The minimum absolute atomic E-state index is 0. The van der Waals surface area contributed by atoms with Crippen LogP contribution in [0.5, 0.6) is 0 Å². The summed E-state index contributed by atoms with van der Waals surface area (Å²) in [6.45, 7) is 7.76. The Bertz CT molecular complexity index is 516. The molecule has 0 radical (unpaired) electrons. The van der Waals surface area contributed by atoms with Crippen molar-refractivity contribution >= 4 is 22.1 Å². The van der Waals surface area contributed by atoms with Gasteiger partial charge in [-0.1, -0.05) is 53.4 Å². The van der Waals surface area contributed by atoms with Crippen molar-refractivity contribution in [2.75, 3.05) is 0 Å². The molecule has 7 nitrogen and oxygen atoms in total. The second-order valence-electron chi connectivity index (χ2n) is 6.53. The summed E-state index contributed by atoms with van der Waals surface area (Å²) in [5.41, 5.74) is 0. The van der Waals surface area contributed by atoms with Crippen molar-refractivity contribution in [3.05, 3.63) is 0 Å². The third kappa shape index (κ3) is 13.4. The molecule has 0 spiro atoms. The smallest absolute Gasteiger partial charge is 1.00 e. The van der Waals surface area contributed by atoms with Crippen molar-refractivity contribution in [3.63, 3.8) is 0 Å². The van der Waals surface area contributed by atoms with Gasteiger partial charge in [-0.3, -0.25) is 14.1 Å². The van der Waals surface area contributed by atoms with Crippen molar-refractivity contribution in [2.24, 2.45) is 0 Å². The molecule has 1 atom stereocenters. The van der Waals surface area contributed by atoms with E-state index in [1.807, 2.05) is 27.7 Å². The Labute approximate surface area is 208 Å². The first kappa shape index (κ1) is 29.7. The maximum absolute atomic E-state index is 12.3. The fraction of sp³-hybridized carbons (Fsp3) is 0.889. The van der Waals surface area contributed by atoms with Crippen LogP contribution in [0.2, 0.25) is 0 Å². The van der Waals surface area contributed by atoms with Crippen molar-refractivity contribution < 1.29 is 84.8 Å². The van der Waals surface area contributed by atoms with Gasteiger partial charge >= 0.3 is 63.3 Å². The molecule has 0 aromatic rings. The fourth-order valence-electron chi connectivity index (χ4n) is 2.75. The maximum Gasteiger partial charge on any atom is 1.00 e. The summed E-state index contributed by atoms with van der Waals surface area (Å²) in [4.78, 5) is 24.3. The molecule has 0 saturated heterocycles. The summed E-state index contributed by atoms with van der Waals surface area (Å²) in [6, 6.07) is 0. The first-order chi connectivity index (χ1) is 12.2. The van der Waals surface area contributed by atoms with Gasteiger partial charge in [0.1, 0.15) is 12.2 Å². The molecule has 0 aliphatic carbocycles. The Kier molecular flexibility index (Phi) is 17.9. The number of hydrogen-bond donors (Lipinski definition) is 1. The maximum atomic E-state index is 12.3. The molecule has 0 heterocycles. The van der Waals surface area contributed by atoms with Gasteiger partial charge in [0.05, 0.1) is 6.42 Å². The van der Waals surface area contributed by atoms with E-state index in [1.165, 1.54) is 0 Å². The first-order valence-electron chi connectivity index (χ1n) is 9.55. The number of carbonyl (C=O) groups is 2. The van der Waals surface area contributed by atoms with Crippen LogP contribution in [-0.2, 0) is 29.2 Å². The van der Waals surface area contributed by atoms with E-state index in [0.717, 1.165) is 25.7 Å². The molecule has 0 bridgehead atoms. The van der Waals surface area contributed by atoms with Gasteiger partial charge in [0.2, 0.25) is 0 Å². The standard InChI is InChI=1S/C18H34O7S.K.H/c1-5-9-14(10-6-2)24-17(19)13-16(26(21,22)23)18(20)25-15(11-7-3)12-8-4;;/h14-16H,5-13H2,1-4H3,(H,21,22,23);;/q;+1;-1. The Morgan fingerprint density at radius 1 is 0.852 bits per heavy atom. The van der Waals surface area contributed by atoms with Gasteiger partial charge in [-0.05, 0) is 25.7 Å². The van der Waals surface area contributed by atoms with E-state index in [-0.39, 0.29) is 58.9 Å². The van der Waals surface area contributed by atoms with Crippen molar-refractivity contribution in [1.82, 2.24) is 0 Å². The van der Waals surface area contributed by atoms with Crippen LogP contribution >= 0.6 is 0 Å². The number of carbonyl (C=O) groups excluding carboxylic acids is 2. The summed E-state index contributed by atoms with van der Waals surface area (Å²) in [5.74, 6) is -1.92. The first-order valence-corrected chi connectivity index (χ1v) is 11.1. The Morgan fingerprint density at radius 2 is 1.22 bits per heavy atom. The fourth-order valence-corrected chi connectivity index (χ4v) is 3.39. The summed E-state index contributed by atoms with van der Waals surface area (Å²) in [5, 5.41) is -1.95. The van der Waals surface area contributed by atoms with Gasteiger partial charge in [-0.15, -0.1) is 0 Å². The van der Waals surface area contributed by atoms with Crippen LogP contribution in [0.4, 0.5) is 0 Å². The van der Waals surface area contributed by atoms with Crippen LogP contribution in [0.15, 0.2) is 0 Å². The van der Waals surface area contributed by atoms with E-state index in [0.29, 0.717) is 25.7 Å². The molecule has 0 amide bonds. The third-order valence-corrected chi connectivity index (χ3v) is 5.08. The molecular weight excluding hydrogens is 399 g/mol. The van der Waals surface area contributed by atoms with Crippen LogP contribution in [0.3, 0.4) is 0 Å². The minimum Gasteiger partial charge on any atom is -1.00 e. The Balaban J connectivity index is -0.00000312. The van der Waals surface area contributed by atoms with Gasteiger partial charge in [-0.25, -0.2) is 0 Å².